The van der Waals surface area contributed by atoms with E-state index < -0.39 is 78.8 Å². The average molecular weight is 795 g/mol. The fraction of sp³-hybridized carbons (Fsp3) is 0.871. The Morgan fingerprint density at radius 3 is 1.90 bits per heavy atom. The minimum atomic E-state index is -5.57. The van der Waals surface area contributed by atoms with E-state index in [2.05, 4.69) is 56.5 Å². The number of hydrogen-bond acceptors (Lipinski definition) is 13. The largest absolute Gasteiger partial charge is 1.00 e. The van der Waals surface area contributed by atoms with Crippen LogP contribution in [-0.4, -0.2) is 68.4 Å². The van der Waals surface area contributed by atoms with Gasteiger partial charge in [-0.05, 0) is 97.7 Å². The van der Waals surface area contributed by atoms with Gasteiger partial charge in [-0.3, -0.25) is 12.5 Å². The molecule has 50 heavy (non-hydrogen) atoms. The van der Waals surface area contributed by atoms with Crippen molar-refractivity contribution < 1.29 is 145 Å². The van der Waals surface area contributed by atoms with Crippen LogP contribution in [-0.2, 0) is 43.7 Å². The first-order valence-electron chi connectivity index (χ1n) is 16.2. The van der Waals surface area contributed by atoms with Crippen LogP contribution in [0.1, 0.15) is 93.4 Å². The third-order valence-electron chi connectivity index (χ3n) is 12.7. The van der Waals surface area contributed by atoms with Gasteiger partial charge < -0.3 is 18.8 Å². The Balaban J connectivity index is 0.00000417. The van der Waals surface area contributed by atoms with Crippen LogP contribution >= 0.6 is 0 Å². The molecule has 3 fully saturated rings. The second-order valence-electron chi connectivity index (χ2n) is 15.6. The summed E-state index contributed by atoms with van der Waals surface area (Å²) in [7, 11) is -16.4. The van der Waals surface area contributed by atoms with Gasteiger partial charge in [0, 0.05) is 5.92 Å². The maximum absolute atomic E-state index is 12.0. The van der Waals surface area contributed by atoms with Gasteiger partial charge in [0.05, 0.1) is 12.2 Å². The standard InChI is InChI=1S/C31H52O13S3.3Na/c1-17(2)20(18(3)4)10-9-19(5)21-11-13-31(8)23-15-24(42-45(33,34)35)26-27(32)28(44-47(39,40)41)25(43-46(36,37)38)16-29(26,6)22(23)12-14-30(21,31)7;;;/h12,18-21,23-28,32H,1,9-11,13-16H2,2-8H3,(H,33,34,35)(H,36,37,38)(H,39,40,41);;;/q;3*+1/p-3/t19-,20?,21-,23-,24+,25+,26+,27-,28-,29-,30-,31+;;;/m1.../s1. The van der Waals surface area contributed by atoms with Crippen molar-refractivity contribution in [2.45, 2.75) is 118 Å². The summed E-state index contributed by atoms with van der Waals surface area (Å²) in [6, 6.07) is 0. The number of allylic oxidation sites excluding steroid dienone is 3. The van der Waals surface area contributed by atoms with Gasteiger partial charge in [-0.2, -0.15) is 0 Å². The Hall–Kier alpha value is 2.05. The molecule has 0 heterocycles. The maximum Gasteiger partial charge on any atom is 1.00 e. The van der Waals surface area contributed by atoms with Gasteiger partial charge in [-0.1, -0.05) is 65.3 Å². The molecule has 12 atom stereocenters. The van der Waals surface area contributed by atoms with E-state index in [-0.39, 0.29) is 106 Å². The van der Waals surface area contributed by atoms with Crippen LogP contribution in [0.4, 0.5) is 0 Å². The summed E-state index contributed by atoms with van der Waals surface area (Å²) in [4.78, 5) is 0. The zero-order valence-corrected chi connectivity index (χ0v) is 39.5. The predicted octanol–water partition coefficient (Wildman–Crippen LogP) is -5.04. The minimum Gasteiger partial charge on any atom is -0.726 e. The fourth-order valence-electron chi connectivity index (χ4n) is 10.5. The van der Waals surface area contributed by atoms with Crippen LogP contribution in [0.3, 0.4) is 0 Å². The van der Waals surface area contributed by atoms with E-state index >= 15 is 0 Å². The molecule has 19 heteroatoms. The number of fused-ring (bicyclic) bond motifs is 5. The van der Waals surface area contributed by atoms with Crippen molar-refractivity contribution >= 4 is 31.2 Å². The van der Waals surface area contributed by atoms with Gasteiger partial charge >= 0.3 is 88.7 Å². The van der Waals surface area contributed by atoms with Crippen molar-refractivity contribution in [2.75, 3.05) is 0 Å². The summed E-state index contributed by atoms with van der Waals surface area (Å²) in [6.07, 6.45) is -1.82. The molecule has 0 saturated heterocycles. The number of hydrogen-bond donors (Lipinski definition) is 1. The maximum atomic E-state index is 12.0. The molecular weight excluding hydrogens is 745 g/mol. The molecule has 0 aromatic carbocycles. The molecule has 0 bridgehead atoms. The van der Waals surface area contributed by atoms with Crippen molar-refractivity contribution in [1.82, 2.24) is 0 Å². The molecule has 0 aromatic heterocycles. The smallest absolute Gasteiger partial charge is 0.726 e. The Morgan fingerprint density at radius 1 is 0.900 bits per heavy atom. The Morgan fingerprint density at radius 2 is 1.42 bits per heavy atom. The summed E-state index contributed by atoms with van der Waals surface area (Å²) in [5, 5.41) is 11.5. The summed E-state index contributed by atoms with van der Waals surface area (Å²) < 4.78 is 120. The first-order valence-corrected chi connectivity index (χ1v) is 20.2. The first kappa shape index (κ1) is 50.1. The molecule has 4 aliphatic carbocycles. The molecule has 0 radical (unpaired) electrons. The molecule has 272 valence electrons. The average Bonchev–Trinajstić information content (AvgIpc) is 3.15. The quantitative estimate of drug-likeness (QED) is 0.0848. The second-order valence-corrected chi connectivity index (χ2v) is 18.6. The topological polar surface area (TPSA) is 220 Å². The zero-order chi connectivity index (χ0) is 35.7. The molecule has 1 unspecified atom stereocenters. The van der Waals surface area contributed by atoms with E-state index in [4.69, 9.17) is 4.18 Å². The van der Waals surface area contributed by atoms with E-state index in [9.17, 15) is 44.0 Å². The van der Waals surface area contributed by atoms with Gasteiger partial charge in [-0.15, -0.1) is 0 Å². The van der Waals surface area contributed by atoms with E-state index in [0.29, 0.717) is 30.1 Å². The molecule has 0 spiro atoms. The summed E-state index contributed by atoms with van der Waals surface area (Å²) in [5.74, 6) is -0.217. The van der Waals surface area contributed by atoms with E-state index in [1.165, 1.54) is 0 Å². The van der Waals surface area contributed by atoms with Gasteiger partial charge in [-0.25, -0.2) is 25.3 Å². The zero-order valence-electron chi connectivity index (χ0n) is 31.1. The monoisotopic (exact) mass is 794 g/mol. The second kappa shape index (κ2) is 17.7. The molecule has 0 aromatic rings. The third-order valence-corrected chi connectivity index (χ3v) is 14.1. The number of aliphatic hydroxyl groups is 1. The van der Waals surface area contributed by atoms with E-state index in [1.54, 1.807) is 6.92 Å². The van der Waals surface area contributed by atoms with Crippen molar-refractivity contribution in [2.24, 2.45) is 51.8 Å². The molecular formula is C31H49Na3O13S3. The van der Waals surface area contributed by atoms with Crippen LogP contribution in [0.25, 0.3) is 0 Å². The van der Waals surface area contributed by atoms with Crippen LogP contribution in [0.2, 0.25) is 0 Å². The molecule has 0 aliphatic heterocycles. The molecule has 0 amide bonds. The number of rotatable bonds is 12. The Kier molecular flexibility index (Phi) is 17.7. The number of aliphatic hydroxyl groups excluding tert-OH is 1. The summed E-state index contributed by atoms with van der Waals surface area (Å²) in [6.45, 7) is 18.9. The normalized spacial score (nSPS) is 38.2. The van der Waals surface area contributed by atoms with E-state index in [1.807, 2.05) is 6.08 Å². The summed E-state index contributed by atoms with van der Waals surface area (Å²) >= 11 is 0. The van der Waals surface area contributed by atoms with Gasteiger partial charge in [0.2, 0.25) is 31.2 Å². The Labute approximate surface area is 365 Å². The minimum absolute atomic E-state index is 0. The van der Waals surface area contributed by atoms with Gasteiger partial charge in [0.25, 0.3) is 0 Å². The first-order chi connectivity index (χ1) is 21.2. The van der Waals surface area contributed by atoms with Crippen LogP contribution < -0.4 is 88.7 Å². The molecule has 3 saturated carbocycles. The van der Waals surface area contributed by atoms with E-state index in [0.717, 1.165) is 36.8 Å². The molecule has 1 N–H and O–H groups in total. The van der Waals surface area contributed by atoms with Crippen molar-refractivity contribution in [1.29, 1.82) is 0 Å². The fourth-order valence-corrected chi connectivity index (χ4v) is 12.0. The van der Waals surface area contributed by atoms with Crippen LogP contribution in [0.15, 0.2) is 23.8 Å². The molecule has 4 rings (SSSR count). The van der Waals surface area contributed by atoms with Crippen molar-refractivity contribution in [3.8, 4) is 0 Å². The molecule has 4 aliphatic rings. The summed E-state index contributed by atoms with van der Waals surface area (Å²) in [5.41, 5.74) is -0.140. The van der Waals surface area contributed by atoms with Crippen molar-refractivity contribution in [3.05, 3.63) is 23.8 Å². The van der Waals surface area contributed by atoms with Crippen LogP contribution in [0, 0.1) is 51.8 Å². The third kappa shape index (κ3) is 10.3. The van der Waals surface area contributed by atoms with Crippen LogP contribution in [0.5, 0.6) is 0 Å². The molecule has 13 nitrogen and oxygen atoms in total. The van der Waals surface area contributed by atoms with Gasteiger partial charge in [0.1, 0.15) is 12.2 Å². The predicted molar refractivity (Wildman–Crippen MR) is 167 cm³/mol. The van der Waals surface area contributed by atoms with Crippen molar-refractivity contribution in [3.63, 3.8) is 0 Å². The SMILES string of the molecule is C=C(C)C(CC[C@@H](C)[C@H]1CC[C@@]2(C)[C@@H]3C[C@H](OS(=O)(=O)[O-])[C@H]4[C@@H](O)[C@H](OS(=O)(=O)[O-])[C@@H](OS(=O)(=O)[O-])C[C@]4(C)C3=CC[C@]12C)C(C)C.[Na+].[Na+].[Na+]. The van der Waals surface area contributed by atoms with Gasteiger partial charge in [0.15, 0.2) is 0 Å². The Bertz CT molecular complexity index is 1590.